The standard InChI is InChI=1S/C15H24N4/c1-4-12-5-6-14-13(11-12)17-15(7-8-16)19(14)10-9-18(2)3/h5-6,11H,4,7-10,16H2,1-3H3. The minimum Gasteiger partial charge on any atom is -0.330 e. The maximum absolute atomic E-state index is 5.70. The number of likely N-dealkylation sites (N-methyl/N-ethyl adjacent to an activating group) is 1. The van der Waals surface area contributed by atoms with Gasteiger partial charge in [0.15, 0.2) is 0 Å². The van der Waals surface area contributed by atoms with Gasteiger partial charge in [-0.25, -0.2) is 4.98 Å². The number of aromatic nitrogens is 2. The average Bonchev–Trinajstić information content (AvgIpc) is 2.73. The van der Waals surface area contributed by atoms with Crippen LogP contribution < -0.4 is 5.73 Å². The SMILES string of the molecule is CCc1ccc2c(c1)nc(CCN)n2CCN(C)C. The molecule has 0 radical (unpaired) electrons. The highest BCUT2D eigenvalue weighted by Crippen LogP contribution is 2.18. The molecule has 19 heavy (non-hydrogen) atoms. The highest BCUT2D eigenvalue weighted by Gasteiger charge is 2.10. The molecule has 0 atom stereocenters. The Labute approximate surface area is 115 Å². The fourth-order valence-electron chi connectivity index (χ4n) is 2.31. The van der Waals surface area contributed by atoms with Gasteiger partial charge in [0.05, 0.1) is 11.0 Å². The minimum atomic E-state index is 0.645. The Hall–Kier alpha value is -1.39. The molecular weight excluding hydrogens is 236 g/mol. The summed E-state index contributed by atoms with van der Waals surface area (Å²) >= 11 is 0. The second-order valence-corrected chi connectivity index (χ2v) is 5.20. The third-order valence-corrected chi connectivity index (χ3v) is 3.44. The molecule has 4 nitrogen and oxygen atoms in total. The highest BCUT2D eigenvalue weighted by atomic mass is 15.1. The molecule has 0 bridgehead atoms. The second-order valence-electron chi connectivity index (χ2n) is 5.20. The number of benzene rings is 1. The van der Waals surface area contributed by atoms with Crippen LogP contribution in [0.15, 0.2) is 18.2 Å². The summed E-state index contributed by atoms with van der Waals surface area (Å²) in [7, 11) is 4.19. The van der Waals surface area contributed by atoms with Crippen molar-refractivity contribution in [2.24, 2.45) is 5.73 Å². The van der Waals surface area contributed by atoms with E-state index in [9.17, 15) is 0 Å². The van der Waals surface area contributed by atoms with E-state index in [4.69, 9.17) is 10.7 Å². The van der Waals surface area contributed by atoms with E-state index in [1.165, 1.54) is 11.1 Å². The van der Waals surface area contributed by atoms with E-state index in [-0.39, 0.29) is 0 Å². The van der Waals surface area contributed by atoms with Gasteiger partial charge in [-0.1, -0.05) is 13.0 Å². The third-order valence-electron chi connectivity index (χ3n) is 3.44. The van der Waals surface area contributed by atoms with Gasteiger partial charge < -0.3 is 15.2 Å². The van der Waals surface area contributed by atoms with E-state index < -0.39 is 0 Å². The van der Waals surface area contributed by atoms with Crippen molar-refractivity contribution in [2.75, 3.05) is 27.2 Å². The van der Waals surface area contributed by atoms with Gasteiger partial charge >= 0.3 is 0 Å². The molecule has 0 spiro atoms. The summed E-state index contributed by atoms with van der Waals surface area (Å²) in [4.78, 5) is 6.95. The fraction of sp³-hybridized carbons (Fsp3) is 0.533. The molecule has 2 aromatic rings. The number of fused-ring (bicyclic) bond motifs is 1. The maximum Gasteiger partial charge on any atom is 0.111 e. The van der Waals surface area contributed by atoms with Crippen LogP contribution in [0.1, 0.15) is 18.3 Å². The van der Waals surface area contributed by atoms with Crippen LogP contribution in [0, 0.1) is 0 Å². The first-order valence-corrected chi connectivity index (χ1v) is 6.98. The Morgan fingerprint density at radius 1 is 1.32 bits per heavy atom. The van der Waals surface area contributed by atoms with Crippen LogP contribution in [0.25, 0.3) is 11.0 Å². The molecule has 0 aliphatic carbocycles. The smallest absolute Gasteiger partial charge is 0.111 e. The van der Waals surface area contributed by atoms with Crippen LogP contribution in [0.2, 0.25) is 0 Å². The summed E-state index contributed by atoms with van der Waals surface area (Å²) in [6, 6.07) is 6.58. The quantitative estimate of drug-likeness (QED) is 0.859. The van der Waals surface area contributed by atoms with Crippen molar-refractivity contribution in [3.8, 4) is 0 Å². The molecule has 1 aromatic carbocycles. The molecule has 2 rings (SSSR count). The van der Waals surface area contributed by atoms with Gasteiger partial charge in [0.25, 0.3) is 0 Å². The predicted octanol–water partition coefficient (Wildman–Crippen LogP) is 1.66. The van der Waals surface area contributed by atoms with E-state index in [1.807, 2.05) is 0 Å². The Morgan fingerprint density at radius 2 is 2.11 bits per heavy atom. The van der Waals surface area contributed by atoms with Gasteiger partial charge in [-0.05, 0) is 44.8 Å². The van der Waals surface area contributed by atoms with Crippen molar-refractivity contribution < 1.29 is 0 Å². The first-order chi connectivity index (χ1) is 9.15. The van der Waals surface area contributed by atoms with Gasteiger partial charge in [0, 0.05) is 19.5 Å². The maximum atomic E-state index is 5.70. The molecule has 4 heteroatoms. The molecule has 0 unspecified atom stereocenters. The molecule has 0 amide bonds. The summed E-state index contributed by atoms with van der Waals surface area (Å²) in [5, 5.41) is 0. The van der Waals surface area contributed by atoms with Gasteiger partial charge in [-0.15, -0.1) is 0 Å². The second kappa shape index (κ2) is 6.17. The summed E-state index contributed by atoms with van der Waals surface area (Å²) < 4.78 is 2.31. The van der Waals surface area contributed by atoms with Gasteiger partial charge in [-0.2, -0.15) is 0 Å². The molecule has 0 saturated carbocycles. The lowest BCUT2D eigenvalue weighted by molar-refractivity contribution is 0.383. The Kier molecular flexibility index (Phi) is 4.56. The van der Waals surface area contributed by atoms with E-state index in [1.54, 1.807) is 0 Å². The molecule has 0 fully saturated rings. The number of rotatable bonds is 6. The molecule has 104 valence electrons. The van der Waals surface area contributed by atoms with Gasteiger partial charge in [0.1, 0.15) is 5.82 Å². The van der Waals surface area contributed by atoms with Crippen molar-refractivity contribution in [2.45, 2.75) is 26.3 Å². The zero-order valence-electron chi connectivity index (χ0n) is 12.2. The van der Waals surface area contributed by atoms with E-state index in [2.05, 4.69) is 48.7 Å². The lowest BCUT2D eigenvalue weighted by Gasteiger charge is -2.13. The zero-order chi connectivity index (χ0) is 13.8. The monoisotopic (exact) mass is 260 g/mol. The average molecular weight is 260 g/mol. The van der Waals surface area contributed by atoms with E-state index >= 15 is 0 Å². The number of imidazole rings is 1. The van der Waals surface area contributed by atoms with Crippen molar-refractivity contribution in [3.63, 3.8) is 0 Å². The van der Waals surface area contributed by atoms with Gasteiger partial charge in [-0.3, -0.25) is 0 Å². The molecule has 0 aliphatic rings. The summed E-state index contributed by atoms with van der Waals surface area (Å²) in [6.07, 6.45) is 1.89. The van der Waals surface area contributed by atoms with Crippen LogP contribution in [-0.2, 0) is 19.4 Å². The molecule has 0 aliphatic heterocycles. The number of hydrogen-bond acceptors (Lipinski definition) is 3. The van der Waals surface area contributed by atoms with E-state index in [0.29, 0.717) is 6.54 Å². The molecular formula is C15H24N4. The molecule has 1 heterocycles. The Bertz CT molecular complexity index is 542. The predicted molar refractivity (Wildman–Crippen MR) is 80.4 cm³/mol. The summed E-state index contributed by atoms with van der Waals surface area (Å²) in [6.45, 7) is 4.79. The van der Waals surface area contributed by atoms with Crippen LogP contribution in [0.4, 0.5) is 0 Å². The van der Waals surface area contributed by atoms with Crippen LogP contribution in [0.3, 0.4) is 0 Å². The molecule has 1 aromatic heterocycles. The van der Waals surface area contributed by atoms with Crippen molar-refractivity contribution >= 4 is 11.0 Å². The number of nitrogens with two attached hydrogens (primary N) is 1. The zero-order valence-corrected chi connectivity index (χ0v) is 12.2. The number of nitrogens with zero attached hydrogens (tertiary/aromatic N) is 3. The van der Waals surface area contributed by atoms with Crippen molar-refractivity contribution in [3.05, 3.63) is 29.6 Å². The number of aryl methyl sites for hydroxylation is 1. The third kappa shape index (κ3) is 3.14. The first kappa shape index (κ1) is 14.0. The van der Waals surface area contributed by atoms with Crippen molar-refractivity contribution in [1.29, 1.82) is 0 Å². The van der Waals surface area contributed by atoms with Crippen molar-refractivity contribution in [1.82, 2.24) is 14.5 Å². The Balaban J connectivity index is 2.41. The summed E-state index contributed by atoms with van der Waals surface area (Å²) in [5.74, 6) is 1.10. The lowest BCUT2D eigenvalue weighted by atomic mass is 10.1. The highest BCUT2D eigenvalue weighted by molar-refractivity contribution is 5.77. The van der Waals surface area contributed by atoms with E-state index in [0.717, 1.165) is 37.3 Å². The molecule has 2 N–H and O–H groups in total. The normalized spacial score (nSPS) is 11.6. The fourth-order valence-corrected chi connectivity index (χ4v) is 2.31. The summed E-state index contributed by atoms with van der Waals surface area (Å²) in [5.41, 5.74) is 9.36. The first-order valence-electron chi connectivity index (χ1n) is 6.98. The lowest BCUT2D eigenvalue weighted by Crippen LogP contribution is -2.20. The Morgan fingerprint density at radius 3 is 2.74 bits per heavy atom. The van der Waals surface area contributed by atoms with Crippen LogP contribution in [-0.4, -0.2) is 41.6 Å². The van der Waals surface area contributed by atoms with Crippen LogP contribution >= 0.6 is 0 Å². The molecule has 0 saturated heterocycles. The van der Waals surface area contributed by atoms with Crippen LogP contribution in [0.5, 0.6) is 0 Å². The number of hydrogen-bond donors (Lipinski definition) is 1. The minimum absolute atomic E-state index is 0.645. The topological polar surface area (TPSA) is 47.1 Å². The van der Waals surface area contributed by atoms with Gasteiger partial charge in [0.2, 0.25) is 0 Å². The largest absolute Gasteiger partial charge is 0.330 e.